The molecule has 1 aromatic carbocycles. The van der Waals surface area contributed by atoms with Gasteiger partial charge in [0.15, 0.2) is 16.8 Å². The van der Waals surface area contributed by atoms with Crippen LogP contribution in [0.4, 0.5) is 4.39 Å². The second kappa shape index (κ2) is 8.55. The van der Waals surface area contributed by atoms with Gasteiger partial charge in [0.05, 0.1) is 22.8 Å². The van der Waals surface area contributed by atoms with E-state index in [1.54, 1.807) is 11.3 Å². The van der Waals surface area contributed by atoms with Gasteiger partial charge in [-0.25, -0.2) is 4.39 Å². The number of hydrogen-bond donors (Lipinski definition) is 0. The molecule has 5 nitrogen and oxygen atoms in total. The van der Waals surface area contributed by atoms with Gasteiger partial charge >= 0.3 is 0 Å². The van der Waals surface area contributed by atoms with Crippen LogP contribution in [0, 0.1) is 5.82 Å². The number of hydrogen-bond acceptors (Lipinski definition) is 6. The number of aromatic nitrogens is 3. The number of thiophene rings is 1. The number of halogens is 1. The van der Waals surface area contributed by atoms with E-state index in [0.717, 1.165) is 30.2 Å². The minimum Gasteiger partial charge on any atom is -0.376 e. The highest BCUT2D eigenvalue weighted by Crippen LogP contribution is 2.31. The van der Waals surface area contributed by atoms with Crippen molar-refractivity contribution >= 4 is 28.9 Å². The number of carbonyl (C=O) groups is 1. The Morgan fingerprint density at radius 2 is 2.18 bits per heavy atom. The molecule has 3 aromatic rings. The van der Waals surface area contributed by atoms with Crippen LogP contribution in [0.1, 0.15) is 30.1 Å². The Morgan fingerprint density at radius 1 is 1.36 bits per heavy atom. The average Bonchev–Trinajstić information content (AvgIpc) is 3.45. The minimum absolute atomic E-state index is 0.0608. The van der Waals surface area contributed by atoms with E-state index in [2.05, 4.69) is 14.8 Å². The predicted octanol–water partition coefficient (Wildman–Crippen LogP) is 4.69. The molecular formula is C20H20FN3O2S2. The molecule has 146 valence electrons. The van der Waals surface area contributed by atoms with Crippen LogP contribution in [0.3, 0.4) is 0 Å². The quantitative estimate of drug-likeness (QED) is 0.412. The molecule has 0 aliphatic carbocycles. The third kappa shape index (κ3) is 4.19. The largest absolute Gasteiger partial charge is 0.376 e. The van der Waals surface area contributed by atoms with Crippen LogP contribution in [-0.4, -0.2) is 38.5 Å². The number of carbonyl (C=O) groups excluding carboxylic acids is 1. The molecule has 0 N–H and O–H groups in total. The van der Waals surface area contributed by atoms with E-state index in [1.165, 1.54) is 36.0 Å². The number of Topliss-reactive ketones (excluding diaryl/α,β-unsaturated/α-hetero) is 1. The zero-order valence-electron chi connectivity index (χ0n) is 15.4. The van der Waals surface area contributed by atoms with E-state index in [-0.39, 0.29) is 23.0 Å². The van der Waals surface area contributed by atoms with Gasteiger partial charge in [-0.3, -0.25) is 9.36 Å². The van der Waals surface area contributed by atoms with Gasteiger partial charge in [0.25, 0.3) is 0 Å². The van der Waals surface area contributed by atoms with Gasteiger partial charge in [0, 0.05) is 12.2 Å². The standard InChI is InChI=1S/C20H20FN3O2S2/c1-13(18(25)14-6-8-15(21)9-7-14)28-20-23-22-19(17-5-3-11-27-17)24(20)12-16-4-2-10-26-16/h3,5-9,11,13,16H,2,4,10,12H2,1H3. The van der Waals surface area contributed by atoms with E-state index in [4.69, 9.17) is 4.74 Å². The van der Waals surface area contributed by atoms with Gasteiger partial charge in [-0.15, -0.1) is 21.5 Å². The van der Waals surface area contributed by atoms with Crippen molar-refractivity contribution in [2.24, 2.45) is 0 Å². The van der Waals surface area contributed by atoms with Crippen LogP contribution in [0.2, 0.25) is 0 Å². The fraction of sp³-hybridized carbons (Fsp3) is 0.350. The van der Waals surface area contributed by atoms with Crippen LogP contribution >= 0.6 is 23.1 Å². The molecule has 3 heterocycles. The Bertz CT molecular complexity index is 935. The smallest absolute Gasteiger partial charge is 0.192 e. The van der Waals surface area contributed by atoms with Crippen molar-refractivity contribution in [3.05, 3.63) is 53.2 Å². The zero-order valence-corrected chi connectivity index (χ0v) is 17.0. The van der Waals surface area contributed by atoms with Crippen molar-refractivity contribution in [1.82, 2.24) is 14.8 Å². The Balaban J connectivity index is 1.57. The first-order chi connectivity index (χ1) is 13.6. The summed E-state index contributed by atoms with van der Waals surface area (Å²) in [4.78, 5) is 13.8. The number of ether oxygens (including phenoxy) is 1. The Morgan fingerprint density at radius 3 is 2.86 bits per heavy atom. The summed E-state index contributed by atoms with van der Waals surface area (Å²) >= 11 is 2.98. The first-order valence-electron chi connectivity index (χ1n) is 9.17. The van der Waals surface area contributed by atoms with Crippen molar-refractivity contribution in [3.63, 3.8) is 0 Å². The van der Waals surface area contributed by atoms with Gasteiger partial charge in [-0.2, -0.15) is 0 Å². The number of ketones is 1. The highest BCUT2D eigenvalue weighted by molar-refractivity contribution is 8.00. The maximum atomic E-state index is 13.1. The second-order valence-corrected chi connectivity index (χ2v) is 8.92. The molecule has 4 rings (SSSR count). The molecule has 8 heteroatoms. The van der Waals surface area contributed by atoms with Crippen molar-refractivity contribution in [3.8, 4) is 10.7 Å². The third-order valence-corrected chi connectivity index (χ3v) is 6.60. The van der Waals surface area contributed by atoms with Crippen LogP contribution in [-0.2, 0) is 11.3 Å². The summed E-state index contributed by atoms with van der Waals surface area (Å²) in [5, 5.41) is 11.1. The highest BCUT2D eigenvalue weighted by atomic mass is 32.2. The molecule has 2 aromatic heterocycles. The molecular weight excluding hydrogens is 397 g/mol. The van der Waals surface area contributed by atoms with Crippen LogP contribution in [0.5, 0.6) is 0 Å². The maximum absolute atomic E-state index is 13.1. The summed E-state index contributed by atoms with van der Waals surface area (Å²) in [6.45, 7) is 3.29. The molecule has 0 spiro atoms. The van der Waals surface area contributed by atoms with Gasteiger partial charge in [-0.1, -0.05) is 17.8 Å². The van der Waals surface area contributed by atoms with Crippen molar-refractivity contribution in [1.29, 1.82) is 0 Å². The Hall–Kier alpha value is -2.03. The van der Waals surface area contributed by atoms with Crippen LogP contribution in [0.15, 0.2) is 46.9 Å². The van der Waals surface area contributed by atoms with E-state index >= 15 is 0 Å². The van der Waals surface area contributed by atoms with Crippen LogP contribution in [0.25, 0.3) is 10.7 Å². The molecule has 1 aliphatic heterocycles. The lowest BCUT2D eigenvalue weighted by Gasteiger charge is -2.16. The average molecular weight is 418 g/mol. The third-order valence-electron chi connectivity index (χ3n) is 4.65. The van der Waals surface area contributed by atoms with Gasteiger partial charge in [0.2, 0.25) is 0 Å². The van der Waals surface area contributed by atoms with Gasteiger partial charge in [-0.05, 0) is 55.5 Å². The van der Waals surface area contributed by atoms with Gasteiger partial charge in [0.1, 0.15) is 5.82 Å². The number of benzene rings is 1. The summed E-state index contributed by atoms with van der Waals surface area (Å²) in [5.41, 5.74) is 0.491. The van der Waals surface area contributed by atoms with Crippen molar-refractivity contribution in [2.45, 2.75) is 42.8 Å². The van der Waals surface area contributed by atoms with Crippen molar-refractivity contribution < 1.29 is 13.9 Å². The van der Waals surface area contributed by atoms with Crippen LogP contribution < -0.4 is 0 Å². The fourth-order valence-electron chi connectivity index (χ4n) is 3.18. The normalized spacial score (nSPS) is 17.7. The van der Waals surface area contributed by atoms with E-state index < -0.39 is 0 Å². The first kappa shape index (κ1) is 19.3. The molecule has 0 saturated carbocycles. The number of nitrogens with zero attached hydrogens (tertiary/aromatic N) is 3. The van der Waals surface area contributed by atoms with Crippen molar-refractivity contribution in [2.75, 3.05) is 6.61 Å². The van der Waals surface area contributed by atoms with E-state index in [9.17, 15) is 9.18 Å². The lowest BCUT2D eigenvalue weighted by molar-refractivity contribution is 0.0953. The molecule has 2 unspecified atom stereocenters. The maximum Gasteiger partial charge on any atom is 0.192 e. The predicted molar refractivity (Wildman–Crippen MR) is 108 cm³/mol. The minimum atomic E-state index is -0.367. The molecule has 1 saturated heterocycles. The molecule has 28 heavy (non-hydrogen) atoms. The summed E-state index contributed by atoms with van der Waals surface area (Å²) in [6.07, 6.45) is 2.21. The van der Waals surface area contributed by atoms with Gasteiger partial charge < -0.3 is 4.74 Å². The summed E-state index contributed by atoms with van der Waals surface area (Å²) in [7, 11) is 0. The Labute approximate surface area is 170 Å². The van der Waals surface area contributed by atoms with E-state index in [1.807, 2.05) is 24.4 Å². The molecule has 0 radical (unpaired) electrons. The SMILES string of the molecule is CC(Sc1nnc(-c2cccs2)n1CC1CCCO1)C(=O)c1ccc(F)cc1. The molecule has 0 amide bonds. The zero-order chi connectivity index (χ0) is 19.5. The first-order valence-corrected chi connectivity index (χ1v) is 10.9. The molecule has 1 aliphatic rings. The summed E-state index contributed by atoms with van der Waals surface area (Å²) in [6, 6.07) is 9.64. The molecule has 1 fully saturated rings. The number of rotatable bonds is 7. The molecule has 2 atom stereocenters. The topological polar surface area (TPSA) is 57.0 Å². The fourth-order valence-corrected chi connectivity index (χ4v) is 4.83. The lowest BCUT2D eigenvalue weighted by atomic mass is 10.1. The molecule has 0 bridgehead atoms. The lowest BCUT2D eigenvalue weighted by Crippen LogP contribution is -2.18. The van der Waals surface area contributed by atoms with E-state index in [0.29, 0.717) is 17.3 Å². The Kier molecular flexibility index (Phi) is 5.89. The summed E-state index contributed by atoms with van der Waals surface area (Å²) < 4.78 is 21.0. The second-order valence-electron chi connectivity index (χ2n) is 6.66. The highest BCUT2D eigenvalue weighted by Gasteiger charge is 2.25. The number of thioether (sulfide) groups is 1. The monoisotopic (exact) mass is 417 g/mol. The summed E-state index contributed by atoms with van der Waals surface area (Å²) in [5.74, 6) is 0.387.